The predicted molar refractivity (Wildman–Crippen MR) is 80.1 cm³/mol. The van der Waals surface area contributed by atoms with Gasteiger partial charge in [-0.3, -0.25) is 14.3 Å². The Kier molecular flexibility index (Phi) is 4.47. The topological polar surface area (TPSA) is 81.8 Å². The maximum Gasteiger partial charge on any atom is 0.333 e. The molecular formula is C14H16ClN3O3. The highest BCUT2D eigenvalue weighted by atomic mass is 35.5. The maximum absolute atomic E-state index is 12.1. The number of pyridine rings is 1. The fraction of sp³-hybridized carbons (Fsp3) is 0.357. The van der Waals surface area contributed by atoms with Crippen LogP contribution < -0.4 is 16.0 Å². The Morgan fingerprint density at radius 2 is 2.10 bits per heavy atom. The van der Waals surface area contributed by atoms with Crippen LogP contribution in [0.4, 0.5) is 0 Å². The molecule has 21 heavy (non-hydrogen) atoms. The van der Waals surface area contributed by atoms with Crippen LogP contribution in [-0.2, 0) is 6.42 Å². The van der Waals surface area contributed by atoms with E-state index in [4.69, 9.17) is 11.6 Å². The Morgan fingerprint density at radius 1 is 1.38 bits per heavy atom. The van der Waals surface area contributed by atoms with E-state index in [-0.39, 0.29) is 0 Å². The highest BCUT2D eigenvalue weighted by Gasteiger charge is 2.17. The Hall–Kier alpha value is -2.08. The van der Waals surface area contributed by atoms with E-state index in [1.165, 1.54) is 17.0 Å². The molecule has 0 fully saturated rings. The van der Waals surface area contributed by atoms with Gasteiger partial charge in [-0.1, -0.05) is 0 Å². The second kappa shape index (κ2) is 6.13. The molecule has 7 heteroatoms. The number of aromatic amines is 1. The van der Waals surface area contributed by atoms with Gasteiger partial charge in [0.1, 0.15) is 5.69 Å². The number of rotatable bonds is 4. The van der Waals surface area contributed by atoms with Crippen LogP contribution in [-0.4, -0.2) is 15.4 Å². The molecule has 0 saturated carbocycles. The second-order valence-electron chi connectivity index (χ2n) is 4.83. The molecule has 112 valence electrons. The summed E-state index contributed by atoms with van der Waals surface area (Å²) in [5, 5.41) is 11.8. The molecule has 0 saturated heterocycles. The summed E-state index contributed by atoms with van der Waals surface area (Å²) in [6, 6.07) is 1.68. The summed E-state index contributed by atoms with van der Waals surface area (Å²) in [5.74, 6) is 0.490. The molecule has 2 aromatic rings. The lowest BCUT2D eigenvalue weighted by atomic mass is 10.1. The van der Waals surface area contributed by atoms with Crippen molar-refractivity contribution in [1.29, 1.82) is 0 Å². The molecule has 0 atom stereocenters. The van der Waals surface area contributed by atoms with Crippen molar-refractivity contribution in [2.24, 2.45) is 0 Å². The zero-order chi connectivity index (χ0) is 15.6. The molecule has 0 aliphatic carbocycles. The van der Waals surface area contributed by atoms with E-state index in [0.29, 0.717) is 34.0 Å². The van der Waals surface area contributed by atoms with Gasteiger partial charge in [-0.15, -0.1) is 11.6 Å². The number of alkyl halides is 1. The summed E-state index contributed by atoms with van der Waals surface area (Å²) < 4.78 is 2.01. The molecule has 0 unspecified atom stereocenters. The van der Waals surface area contributed by atoms with Crippen molar-refractivity contribution in [3.8, 4) is 5.69 Å². The molecule has 0 radical (unpaired) electrons. The van der Waals surface area contributed by atoms with Crippen LogP contribution in [0.1, 0.15) is 23.2 Å². The number of halogens is 1. The van der Waals surface area contributed by atoms with Crippen LogP contribution in [0.25, 0.3) is 5.69 Å². The highest BCUT2D eigenvalue weighted by molar-refractivity contribution is 6.17. The fourth-order valence-electron chi connectivity index (χ4n) is 2.21. The summed E-state index contributed by atoms with van der Waals surface area (Å²) in [6.45, 7) is 3.25. The third-order valence-corrected chi connectivity index (χ3v) is 3.60. The summed E-state index contributed by atoms with van der Waals surface area (Å²) in [5.41, 5.74) is 1.15. The van der Waals surface area contributed by atoms with Crippen LogP contribution >= 0.6 is 11.6 Å². The van der Waals surface area contributed by atoms with E-state index in [1.807, 2.05) is 0 Å². The quantitative estimate of drug-likeness (QED) is 0.518. The number of aromatic nitrogens is 3. The number of nitrogens with one attached hydrogen (secondary N) is 1. The normalized spacial score (nSPS) is 10.8. The number of hydrogen-bond donors (Lipinski definition) is 1. The molecule has 0 bridgehead atoms. The smallest absolute Gasteiger partial charge is 0.333 e. The molecule has 0 aliphatic rings. The molecule has 1 N–H and O–H groups in total. The standard InChI is InChI=1S/C14H16ClN3O3/c1-9-8-17(14(20)16-13(9)19)12-10(2)18(21)7-5-11(12)4-3-6-15/h5,7-8H,3-4,6H2,1-2H3,(H,16,19,20). The van der Waals surface area contributed by atoms with E-state index in [0.717, 1.165) is 12.0 Å². The first-order valence-corrected chi connectivity index (χ1v) is 7.09. The Labute approximate surface area is 126 Å². The third kappa shape index (κ3) is 3.00. The molecule has 0 spiro atoms. The summed E-state index contributed by atoms with van der Waals surface area (Å²) in [7, 11) is 0. The van der Waals surface area contributed by atoms with Crippen molar-refractivity contribution in [3.63, 3.8) is 0 Å². The van der Waals surface area contributed by atoms with E-state index >= 15 is 0 Å². The van der Waals surface area contributed by atoms with Crippen molar-refractivity contribution >= 4 is 11.6 Å². The van der Waals surface area contributed by atoms with Crippen LogP contribution in [0.5, 0.6) is 0 Å². The monoisotopic (exact) mass is 309 g/mol. The van der Waals surface area contributed by atoms with E-state index in [1.54, 1.807) is 19.9 Å². The van der Waals surface area contributed by atoms with Gasteiger partial charge in [-0.2, -0.15) is 4.73 Å². The van der Waals surface area contributed by atoms with Gasteiger partial charge < -0.3 is 5.21 Å². The van der Waals surface area contributed by atoms with Crippen LogP contribution in [0, 0.1) is 19.1 Å². The Balaban J connectivity index is 2.72. The molecular weight excluding hydrogens is 294 g/mol. The van der Waals surface area contributed by atoms with Crippen molar-refractivity contribution in [2.75, 3.05) is 5.88 Å². The van der Waals surface area contributed by atoms with Crippen LogP contribution in [0.3, 0.4) is 0 Å². The van der Waals surface area contributed by atoms with Gasteiger partial charge in [0.25, 0.3) is 5.56 Å². The second-order valence-corrected chi connectivity index (χ2v) is 5.21. The minimum Gasteiger partial charge on any atom is -0.618 e. The lowest BCUT2D eigenvalue weighted by Crippen LogP contribution is -2.36. The lowest BCUT2D eigenvalue weighted by Gasteiger charge is -2.14. The van der Waals surface area contributed by atoms with Gasteiger partial charge in [-0.25, -0.2) is 4.79 Å². The number of nitrogens with zero attached hydrogens (tertiary/aromatic N) is 2. The first-order chi connectivity index (χ1) is 9.95. The molecule has 2 heterocycles. The molecule has 0 aromatic carbocycles. The van der Waals surface area contributed by atoms with Gasteiger partial charge in [0, 0.05) is 30.6 Å². The maximum atomic E-state index is 12.1. The zero-order valence-electron chi connectivity index (χ0n) is 11.9. The first kappa shape index (κ1) is 15.3. The van der Waals surface area contributed by atoms with Crippen molar-refractivity contribution in [3.05, 3.63) is 61.3 Å². The zero-order valence-corrected chi connectivity index (χ0v) is 12.6. The van der Waals surface area contributed by atoms with Crippen molar-refractivity contribution in [1.82, 2.24) is 9.55 Å². The van der Waals surface area contributed by atoms with Gasteiger partial charge in [0.05, 0.1) is 0 Å². The van der Waals surface area contributed by atoms with Gasteiger partial charge in [-0.05, 0) is 25.3 Å². The predicted octanol–water partition coefficient (Wildman–Crippen LogP) is 0.947. The summed E-state index contributed by atoms with van der Waals surface area (Å²) in [6.07, 6.45) is 4.23. The molecule has 0 amide bonds. The average Bonchev–Trinajstić information content (AvgIpc) is 2.45. The number of aryl methyl sites for hydroxylation is 2. The summed E-state index contributed by atoms with van der Waals surface area (Å²) >= 11 is 5.72. The molecule has 0 aliphatic heterocycles. The Bertz CT molecular complexity index is 780. The van der Waals surface area contributed by atoms with E-state index in [2.05, 4.69) is 4.98 Å². The van der Waals surface area contributed by atoms with Gasteiger partial charge >= 0.3 is 5.69 Å². The van der Waals surface area contributed by atoms with Gasteiger partial charge in [0.2, 0.25) is 5.69 Å². The summed E-state index contributed by atoms with van der Waals surface area (Å²) in [4.78, 5) is 25.8. The van der Waals surface area contributed by atoms with Crippen molar-refractivity contribution in [2.45, 2.75) is 26.7 Å². The number of H-pyrrole nitrogens is 1. The third-order valence-electron chi connectivity index (χ3n) is 3.33. The average molecular weight is 310 g/mol. The molecule has 2 aromatic heterocycles. The minimum absolute atomic E-state index is 0.399. The largest absolute Gasteiger partial charge is 0.618 e. The van der Waals surface area contributed by atoms with Gasteiger partial charge in [0.15, 0.2) is 6.20 Å². The van der Waals surface area contributed by atoms with Crippen LogP contribution in [0.15, 0.2) is 28.0 Å². The first-order valence-electron chi connectivity index (χ1n) is 6.56. The molecule has 2 rings (SSSR count). The Morgan fingerprint density at radius 3 is 2.76 bits per heavy atom. The minimum atomic E-state index is -0.563. The van der Waals surface area contributed by atoms with Crippen molar-refractivity contribution < 1.29 is 4.73 Å². The SMILES string of the molecule is Cc1cn(-c2c(CCCCl)cc[n+]([O-])c2C)c(=O)[nH]c1=O. The van der Waals surface area contributed by atoms with E-state index in [9.17, 15) is 14.8 Å². The highest BCUT2D eigenvalue weighted by Crippen LogP contribution is 2.17. The van der Waals surface area contributed by atoms with Crippen LogP contribution in [0.2, 0.25) is 0 Å². The van der Waals surface area contributed by atoms with E-state index < -0.39 is 11.2 Å². The fourth-order valence-corrected chi connectivity index (χ4v) is 2.34. The number of hydrogen-bond acceptors (Lipinski definition) is 3. The lowest BCUT2D eigenvalue weighted by molar-refractivity contribution is -0.612. The molecule has 6 nitrogen and oxygen atoms in total.